The van der Waals surface area contributed by atoms with Crippen LogP contribution in [0.25, 0.3) is 0 Å². The van der Waals surface area contributed by atoms with E-state index in [1.165, 1.54) is 17.0 Å². The van der Waals surface area contributed by atoms with Gasteiger partial charge in [-0.05, 0) is 66.4 Å². The van der Waals surface area contributed by atoms with Crippen LogP contribution in [0.4, 0.5) is 5.69 Å². The molecular formula is C35H34BrCl2N3O4S. The topological polar surface area (TPSA) is 86.8 Å². The molecule has 11 heteroatoms. The highest BCUT2D eigenvalue weighted by Crippen LogP contribution is 2.29. The third kappa shape index (κ3) is 8.50. The SMILES string of the molecule is O=C(NC1CCCC1)[C@H](Cc1ccccc1)N(Cc1ccc(Cl)c(Cl)c1)C(=O)CN(c1cccc(Br)c1)S(=O)(=O)c1ccccc1. The van der Waals surface area contributed by atoms with Crippen molar-refractivity contribution < 1.29 is 18.0 Å². The first kappa shape index (κ1) is 34.0. The summed E-state index contributed by atoms with van der Waals surface area (Å²) in [4.78, 5) is 30.2. The number of hydrogen-bond acceptors (Lipinski definition) is 4. The Balaban J connectivity index is 1.57. The first-order chi connectivity index (χ1) is 22.1. The van der Waals surface area contributed by atoms with Gasteiger partial charge < -0.3 is 10.2 Å². The molecule has 4 aromatic carbocycles. The smallest absolute Gasteiger partial charge is 0.264 e. The summed E-state index contributed by atoms with van der Waals surface area (Å²) in [5.74, 6) is -0.836. The molecule has 0 spiro atoms. The normalized spacial score (nSPS) is 14.1. The lowest BCUT2D eigenvalue weighted by molar-refractivity contribution is -0.140. The molecule has 0 aromatic heterocycles. The highest BCUT2D eigenvalue weighted by atomic mass is 79.9. The Morgan fingerprint density at radius 1 is 0.826 bits per heavy atom. The molecule has 1 N–H and O–H groups in total. The van der Waals surface area contributed by atoms with Gasteiger partial charge in [0.2, 0.25) is 11.8 Å². The first-order valence-electron chi connectivity index (χ1n) is 15.0. The van der Waals surface area contributed by atoms with Crippen LogP contribution in [0.15, 0.2) is 112 Å². The number of carbonyl (C=O) groups excluding carboxylic acids is 2. The van der Waals surface area contributed by atoms with Crippen LogP contribution in [0.2, 0.25) is 10.0 Å². The second kappa shape index (κ2) is 15.5. The van der Waals surface area contributed by atoms with Gasteiger partial charge in [-0.1, -0.05) is 113 Å². The number of anilines is 1. The third-order valence-corrected chi connectivity index (χ3v) is 11.0. The van der Waals surface area contributed by atoms with Crippen molar-refractivity contribution in [3.63, 3.8) is 0 Å². The average molecular weight is 744 g/mol. The number of sulfonamides is 1. The van der Waals surface area contributed by atoms with E-state index in [0.29, 0.717) is 25.8 Å². The molecule has 1 saturated carbocycles. The van der Waals surface area contributed by atoms with E-state index in [0.717, 1.165) is 35.6 Å². The Bertz CT molecular complexity index is 1770. The third-order valence-electron chi connectivity index (χ3n) is 8.02. The summed E-state index contributed by atoms with van der Waals surface area (Å²) in [7, 11) is -4.18. The molecule has 1 atom stereocenters. The fourth-order valence-corrected chi connectivity index (χ4v) is 7.77. The van der Waals surface area contributed by atoms with E-state index in [9.17, 15) is 18.0 Å². The highest BCUT2D eigenvalue weighted by molar-refractivity contribution is 9.10. The van der Waals surface area contributed by atoms with E-state index in [-0.39, 0.29) is 29.8 Å². The Kier molecular flexibility index (Phi) is 11.4. The Labute approximate surface area is 288 Å². The number of rotatable bonds is 12. The Hall–Kier alpha value is -3.37. The van der Waals surface area contributed by atoms with Crippen LogP contribution in [0.5, 0.6) is 0 Å². The van der Waals surface area contributed by atoms with Crippen LogP contribution >= 0.6 is 39.1 Å². The standard InChI is InChI=1S/C35H34BrCl2N3O4S/c36-27-12-9-15-29(22-27)41(46(44,45)30-16-5-2-6-17-30)24-34(42)40(23-26-18-19-31(37)32(38)20-26)33(21-25-10-3-1-4-11-25)35(43)39-28-13-7-8-14-28/h1-6,9-12,15-20,22,28,33H,7-8,13-14,21,23-24H2,(H,39,43)/t33-/m0/s1. The minimum absolute atomic E-state index is 0.00299. The van der Waals surface area contributed by atoms with Gasteiger partial charge in [-0.3, -0.25) is 13.9 Å². The van der Waals surface area contributed by atoms with Crippen LogP contribution in [0.3, 0.4) is 0 Å². The molecule has 1 fully saturated rings. The van der Waals surface area contributed by atoms with Crippen molar-refractivity contribution in [2.24, 2.45) is 0 Å². The van der Waals surface area contributed by atoms with Crippen molar-refractivity contribution >= 4 is 66.7 Å². The summed E-state index contributed by atoms with van der Waals surface area (Å²) in [5.41, 5.74) is 1.81. The molecule has 7 nitrogen and oxygen atoms in total. The summed E-state index contributed by atoms with van der Waals surface area (Å²) < 4.78 is 29.9. The molecule has 0 aliphatic heterocycles. The van der Waals surface area contributed by atoms with Crippen LogP contribution in [0.1, 0.15) is 36.8 Å². The number of amides is 2. The second-order valence-corrected chi connectivity index (χ2v) is 14.9. The largest absolute Gasteiger partial charge is 0.352 e. The molecule has 2 amide bonds. The monoisotopic (exact) mass is 741 g/mol. The number of benzene rings is 4. The fraction of sp³-hybridized carbons (Fsp3) is 0.257. The van der Waals surface area contributed by atoms with Gasteiger partial charge in [0.15, 0.2) is 0 Å². The highest BCUT2D eigenvalue weighted by Gasteiger charge is 2.35. The van der Waals surface area contributed by atoms with Gasteiger partial charge in [0.1, 0.15) is 12.6 Å². The van der Waals surface area contributed by atoms with E-state index in [2.05, 4.69) is 21.2 Å². The maximum atomic E-state index is 14.6. The van der Waals surface area contributed by atoms with Gasteiger partial charge >= 0.3 is 0 Å². The molecule has 0 heterocycles. The summed E-state index contributed by atoms with van der Waals surface area (Å²) in [6.45, 7) is -0.542. The second-order valence-electron chi connectivity index (χ2n) is 11.3. The van der Waals surface area contributed by atoms with E-state index >= 15 is 0 Å². The van der Waals surface area contributed by atoms with Crippen LogP contribution in [-0.2, 0) is 32.6 Å². The molecule has 0 unspecified atom stereocenters. The minimum Gasteiger partial charge on any atom is -0.352 e. The van der Waals surface area contributed by atoms with E-state index < -0.39 is 28.5 Å². The van der Waals surface area contributed by atoms with Crippen LogP contribution < -0.4 is 9.62 Å². The van der Waals surface area contributed by atoms with Gasteiger partial charge in [-0.15, -0.1) is 0 Å². The van der Waals surface area contributed by atoms with Crippen molar-refractivity contribution in [2.75, 3.05) is 10.8 Å². The molecule has 46 heavy (non-hydrogen) atoms. The van der Waals surface area contributed by atoms with Crippen molar-refractivity contribution in [1.29, 1.82) is 0 Å². The number of carbonyl (C=O) groups is 2. The molecular weight excluding hydrogens is 709 g/mol. The van der Waals surface area contributed by atoms with E-state index in [1.54, 1.807) is 60.7 Å². The van der Waals surface area contributed by atoms with E-state index in [1.807, 2.05) is 30.3 Å². The quantitative estimate of drug-likeness (QED) is 0.162. The maximum absolute atomic E-state index is 14.6. The average Bonchev–Trinajstić information content (AvgIpc) is 3.57. The predicted octanol–water partition coefficient (Wildman–Crippen LogP) is 7.65. The number of nitrogens with zero attached hydrogens (tertiary/aromatic N) is 2. The van der Waals surface area contributed by atoms with Gasteiger partial charge in [0.25, 0.3) is 10.0 Å². The fourth-order valence-electron chi connectivity index (χ4n) is 5.64. The molecule has 0 bridgehead atoms. The number of nitrogens with one attached hydrogen (secondary N) is 1. The minimum atomic E-state index is -4.18. The summed E-state index contributed by atoms with van der Waals surface area (Å²) in [6.07, 6.45) is 4.03. The molecule has 0 radical (unpaired) electrons. The lowest BCUT2D eigenvalue weighted by atomic mass is 10.0. The zero-order valence-electron chi connectivity index (χ0n) is 25.0. The molecule has 1 aliphatic rings. The summed E-state index contributed by atoms with van der Waals surface area (Å²) in [5, 5.41) is 3.84. The van der Waals surface area contributed by atoms with Crippen molar-refractivity contribution in [3.05, 3.63) is 129 Å². The lowest BCUT2D eigenvalue weighted by Crippen LogP contribution is -2.54. The van der Waals surface area contributed by atoms with Crippen molar-refractivity contribution in [3.8, 4) is 0 Å². The number of halogens is 3. The Morgan fingerprint density at radius 3 is 2.15 bits per heavy atom. The van der Waals surface area contributed by atoms with Gasteiger partial charge in [0, 0.05) is 23.5 Å². The molecule has 4 aromatic rings. The molecule has 1 aliphatic carbocycles. The van der Waals surface area contributed by atoms with Gasteiger partial charge in [0.05, 0.1) is 20.6 Å². The van der Waals surface area contributed by atoms with Crippen molar-refractivity contribution in [1.82, 2.24) is 10.2 Å². The summed E-state index contributed by atoms with van der Waals surface area (Å²) >= 11 is 16.0. The zero-order valence-corrected chi connectivity index (χ0v) is 28.9. The van der Waals surface area contributed by atoms with Gasteiger partial charge in [-0.25, -0.2) is 8.42 Å². The zero-order chi connectivity index (χ0) is 32.7. The van der Waals surface area contributed by atoms with Crippen molar-refractivity contribution in [2.45, 2.75) is 55.6 Å². The van der Waals surface area contributed by atoms with Crippen LogP contribution in [0, 0.1) is 0 Å². The van der Waals surface area contributed by atoms with E-state index in [4.69, 9.17) is 23.2 Å². The van der Waals surface area contributed by atoms with Gasteiger partial charge in [-0.2, -0.15) is 0 Å². The first-order valence-corrected chi connectivity index (χ1v) is 18.0. The molecule has 5 rings (SSSR count). The number of hydrogen-bond donors (Lipinski definition) is 1. The molecule has 240 valence electrons. The molecule has 0 saturated heterocycles. The predicted molar refractivity (Wildman–Crippen MR) is 186 cm³/mol. The maximum Gasteiger partial charge on any atom is 0.264 e. The lowest BCUT2D eigenvalue weighted by Gasteiger charge is -2.34. The summed E-state index contributed by atoms with van der Waals surface area (Å²) in [6, 6.07) is 28.3. The Morgan fingerprint density at radius 2 is 1.50 bits per heavy atom. The van der Waals surface area contributed by atoms with Crippen LogP contribution in [-0.4, -0.2) is 43.8 Å².